The SMILES string of the molecule is COc1ccc(N(Cc2ccc(C(=O)NCCSCc3ccc(C)cc3)cc2)S(=O)(=O)c2ccccc2)cc1. The van der Waals surface area contributed by atoms with Gasteiger partial charge in [-0.15, -0.1) is 0 Å². The number of carbonyl (C=O) groups excluding carboxylic acids is 1. The molecule has 0 saturated carbocycles. The molecule has 0 aliphatic carbocycles. The highest BCUT2D eigenvalue weighted by atomic mass is 32.2. The van der Waals surface area contributed by atoms with Crippen LogP contribution in [-0.2, 0) is 22.3 Å². The Kier molecular flexibility index (Phi) is 9.68. The molecule has 4 aromatic carbocycles. The number of methoxy groups -OCH3 is 1. The van der Waals surface area contributed by atoms with Gasteiger partial charge in [0.2, 0.25) is 0 Å². The summed E-state index contributed by atoms with van der Waals surface area (Å²) < 4.78 is 33.7. The van der Waals surface area contributed by atoms with Gasteiger partial charge in [0, 0.05) is 23.6 Å². The van der Waals surface area contributed by atoms with E-state index >= 15 is 0 Å². The van der Waals surface area contributed by atoms with Crippen molar-refractivity contribution in [3.63, 3.8) is 0 Å². The van der Waals surface area contributed by atoms with Crippen molar-refractivity contribution < 1.29 is 17.9 Å². The molecule has 39 heavy (non-hydrogen) atoms. The first-order chi connectivity index (χ1) is 18.9. The van der Waals surface area contributed by atoms with Crippen LogP contribution in [0.4, 0.5) is 5.69 Å². The van der Waals surface area contributed by atoms with E-state index in [1.165, 1.54) is 15.4 Å². The summed E-state index contributed by atoms with van der Waals surface area (Å²) in [7, 11) is -2.26. The summed E-state index contributed by atoms with van der Waals surface area (Å²) in [4.78, 5) is 12.8. The van der Waals surface area contributed by atoms with Gasteiger partial charge in [0.25, 0.3) is 15.9 Å². The Labute approximate surface area is 235 Å². The molecule has 0 bridgehead atoms. The number of ether oxygens (including phenoxy) is 1. The zero-order valence-corrected chi connectivity index (χ0v) is 23.7. The van der Waals surface area contributed by atoms with E-state index in [-0.39, 0.29) is 17.3 Å². The number of nitrogens with one attached hydrogen (secondary N) is 1. The summed E-state index contributed by atoms with van der Waals surface area (Å²) in [5.74, 6) is 2.20. The van der Waals surface area contributed by atoms with Gasteiger partial charge in [0.1, 0.15) is 5.75 Å². The van der Waals surface area contributed by atoms with E-state index in [0.29, 0.717) is 23.5 Å². The van der Waals surface area contributed by atoms with E-state index in [2.05, 4.69) is 36.5 Å². The van der Waals surface area contributed by atoms with E-state index in [1.807, 2.05) is 0 Å². The monoisotopic (exact) mass is 560 g/mol. The van der Waals surface area contributed by atoms with Crippen LogP contribution < -0.4 is 14.4 Å². The summed E-state index contributed by atoms with van der Waals surface area (Å²) in [5, 5.41) is 2.96. The molecule has 0 unspecified atom stereocenters. The maximum atomic E-state index is 13.6. The smallest absolute Gasteiger partial charge is 0.264 e. The van der Waals surface area contributed by atoms with Gasteiger partial charge < -0.3 is 10.1 Å². The lowest BCUT2D eigenvalue weighted by Crippen LogP contribution is -2.30. The quantitative estimate of drug-likeness (QED) is 0.213. The van der Waals surface area contributed by atoms with Crippen LogP contribution in [0.25, 0.3) is 0 Å². The Morgan fingerprint density at radius 3 is 2.13 bits per heavy atom. The molecule has 0 heterocycles. The molecule has 202 valence electrons. The Hall–Kier alpha value is -3.75. The first kappa shape index (κ1) is 28.3. The zero-order valence-electron chi connectivity index (χ0n) is 22.0. The van der Waals surface area contributed by atoms with Crippen LogP contribution in [0.3, 0.4) is 0 Å². The van der Waals surface area contributed by atoms with E-state index in [4.69, 9.17) is 4.74 Å². The lowest BCUT2D eigenvalue weighted by atomic mass is 10.1. The van der Waals surface area contributed by atoms with Crippen LogP contribution in [0, 0.1) is 6.92 Å². The number of thioether (sulfide) groups is 1. The molecule has 0 spiro atoms. The number of sulfonamides is 1. The molecule has 0 aliphatic heterocycles. The van der Waals surface area contributed by atoms with Crippen LogP contribution in [0.15, 0.2) is 108 Å². The lowest BCUT2D eigenvalue weighted by molar-refractivity contribution is 0.0956. The van der Waals surface area contributed by atoms with Gasteiger partial charge in [-0.3, -0.25) is 9.10 Å². The van der Waals surface area contributed by atoms with Crippen molar-refractivity contribution in [1.82, 2.24) is 5.32 Å². The predicted octanol–water partition coefficient (Wildman–Crippen LogP) is 6.06. The third kappa shape index (κ3) is 7.65. The molecule has 4 aromatic rings. The minimum absolute atomic E-state index is 0.112. The van der Waals surface area contributed by atoms with Gasteiger partial charge in [-0.25, -0.2) is 8.42 Å². The minimum Gasteiger partial charge on any atom is -0.497 e. The highest BCUT2D eigenvalue weighted by Crippen LogP contribution is 2.28. The number of aryl methyl sites for hydroxylation is 1. The number of carbonyl (C=O) groups is 1. The second kappa shape index (κ2) is 13.4. The molecule has 0 atom stereocenters. The summed E-state index contributed by atoms with van der Waals surface area (Å²) in [6.07, 6.45) is 0. The number of benzene rings is 4. The van der Waals surface area contributed by atoms with Crippen LogP contribution in [0.5, 0.6) is 5.75 Å². The summed E-state index contributed by atoms with van der Waals surface area (Å²) in [6.45, 7) is 2.75. The molecule has 0 saturated heterocycles. The van der Waals surface area contributed by atoms with Gasteiger partial charge in [0.05, 0.1) is 24.2 Å². The molecular weight excluding hydrogens is 528 g/mol. The number of rotatable bonds is 12. The summed E-state index contributed by atoms with van der Waals surface area (Å²) in [6, 6.07) is 30.8. The van der Waals surface area contributed by atoms with Gasteiger partial charge in [-0.05, 0) is 66.6 Å². The Bertz CT molecular complexity index is 1460. The van der Waals surface area contributed by atoms with E-state index in [9.17, 15) is 13.2 Å². The molecule has 0 fully saturated rings. The molecule has 8 heteroatoms. The number of hydrogen-bond acceptors (Lipinski definition) is 5. The van der Waals surface area contributed by atoms with Crippen molar-refractivity contribution in [2.24, 2.45) is 0 Å². The summed E-state index contributed by atoms with van der Waals surface area (Å²) >= 11 is 1.77. The molecule has 0 radical (unpaired) electrons. The van der Waals surface area contributed by atoms with Crippen molar-refractivity contribution >= 4 is 33.4 Å². The highest BCUT2D eigenvalue weighted by Gasteiger charge is 2.25. The average Bonchev–Trinajstić information content (AvgIpc) is 2.97. The molecule has 6 nitrogen and oxygen atoms in total. The van der Waals surface area contributed by atoms with Crippen LogP contribution in [0.1, 0.15) is 27.0 Å². The topological polar surface area (TPSA) is 75.7 Å². The maximum Gasteiger partial charge on any atom is 0.264 e. The molecular formula is C31H32N2O4S2. The number of nitrogens with zero attached hydrogens (tertiary/aromatic N) is 1. The van der Waals surface area contributed by atoms with Gasteiger partial charge in [-0.2, -0.15) is 11.8 Å². The Morgan fingerprint density at radius 1 is 0.846 bits per heavy atom. The van der Waals surface area contributed by atoms with Gasteiger partial charge in [0.15, 0.2) is 0 Å². The van der Waals surface area contributed by atoms with Crippen LogP contribution in [-0.4, -0.2) is 33.7 Å². The third-order valence-corrected chi connectivity index (χ3v) is 8.97. The molecule has 1 amide bonds. The van der Waals surface area contributed by atoms with E-state index in [1.54, 1.807) is 97.7 Å². The molecule has 4 rings (SSSR count). The Morgan fingerprint density at radius 2 is 1.49 bits per heavy atom. The third-order valence-electron chi connectivity index (χ3n) is 6.16. The van der Waals surface area contributed by atoms with Crippen LogP contribution in [0.2, 0.25) is 0 Å². The van der Waals surface area contributed by atoms with E-state index < -0.39 is 10.0 Å². The molecule has 1 N–H and O–H groups in total. The fourth-order valence-electron chi connectivity index (χ4n) is 3.92. The second-order valence-electron chi connectivity index (χ2n) is 9.01. The predicted molar refractivity (Wildman–Crippen MR) is 159 cm³/mol. The largest absolute Gasteiger partial charge is 0.497 e. The van der Waals surface area contributed by atoms with Crippen molar-refractivity contribution in [2.75, 3.05) is 23.7 Å². The lowest BCUT2D eigenvalue weighted by Gasteiger charge is -2.25. The number of hydrogen-bond donors (Lipinski definition) is 1. The first-order valence-corrected chi connectivity index (χ1v) is 15.2. The van der Waals surface area contributed by atoms with Crippen molar-refractivity contribution in [3.8, 4) is 5.75 Å². The molecule has 0 aliphatic rings. The van der Waals surface area contributed by atoms with Crippen molar-refractivity contribution in [3.05, 3.63) is 125 Å². The zero-order chi connectivity index (χ0) is 27.7. The van der Waals surface area contributed by atoms with Gasteiger partial charge in [-0.1, -0.05) is 60.2 Å². The Balaban J connectivity index is 1.39. The fraction of sp³-hybridized carbons (Fsp3) is 0.194. The fourth-order valence-corrected chi connectivity index (χ4v) is 6.22. The van der Waals surface area contributed by atoms with Crippen LogP contribution >= 0.6 is 11.8 Å². The number of anilines is 1. The second-order valence-corrected chi connectivity index (χ2v) is 12.0. The van der Waals surface area contributed by atoms with Gasteiger partial charge >= 0.3 is 0 Å². The normalized spacial score (nSPS) is 11.1. The highest BCUT2D eigenvalue weighted by molar-refractivity contribution is 7.98. The molecule has 0 aromatic heterocycles. The number of amides is 1. The maximum absolute atomic E-state index is 13.6. The average molecular weight is 561 g/mol. The van der Waals surface area contributed by atoms with Crippen molar-refractivity contribution in [1.29, 1.82) is 0 Å². The standard InChI is InChI=1S/C31H32N2O4S2/c1-24-8-10-26(11-9-24)23-38-21-20-32-31(34)27-14-12-25(13-15-27)22-33(28-16-18-29(37-2)19-17-28)39(35,36)30-6-4-3-5-7-30/h3-19H,20-23H2,1-2H3,(H,32,34). The van der Waals surface area contributed by atoms with Crippen molar-refractivity contribution in [2.45, 2.75) is 24.1 Å². The van der Waals surface area contributed by atoms with E-state index in [0.717, 1.165) is 17.1 Å². The summed E-state index contributed by atoms with van der Waals surface area (Å²) in [5.41, 5.74) is 4.32. The first-order valence-electron chi connectivity index (χ1n) is 12.6. The minimum atomic E-state index is -3.83.